The van der Waals surface area contributed by atoms with Crippen LogP contribution in [0.25, 0.3) is 0 Å². The van der Waals surface area contributed by atoms with E-state index >= 15 is 0 Å². The number of nitrogens with zero attached hydrogens (tertiary/aromatic N) is 4. The number of aliphatic imine (C=N–C) groups is 1. The predicted molar refractivity (Wildman–Crippen MR) is 130 cm³/mol. The van der Waals surface area contributed by atoms with Crippen LogP contribution in [0.4, 0.5) is 8.78 Å². The maximum Gasteiger partial charge on any atom is 0.251 e. The van der Waals surface area contributed by atoms with Crippen LogP contribution in [0.5, 0.6) is 0 Å². The molecular weight excluding hydrogens is 521 g/mol. The third-order valence-electron chi connectivity index (χ3n) is 5.87. The van der Waals surface area contributed by atoms with Crippen LogP contribution in [-0.4, -0.2) is 79.5 Å². The fourth-order valence-electron chi connectivity index (χ4n) is 4.14. The van der Waals surface area contributed by atoms with Gasteiger partial charge in [-0.25, -0.2) is 13.8 Å². The second-order valence-electron chi connectivity index (χ2n) is 8.14. The van der Waals surface area contributed by atoms with Crippen molar-refractivity contribution in [2.24, 2.45) is 10.9 Å². The molecule has 0 saturated carbocycles. The van der Waals surface area contributed by atoms with Crippen molar-refractivity contribution < 1.29 is 8.78 Å². The van der Waals surface area contributed by atoms with Gasteiger partial charge in [-0.2, -0.15) is 0 Å². The van der Waals surface area contributed by atoms with Gasteiger partial charge in [-0.1, -0.05) is 0 Å². The van der Waals surface area contributed by atoms with E-state index in [0.29, 0.717) is 12.0 Å². The Kier molecular flexibility index (Phi) is 11.2. The summed E-state index contributed by atoms with van der Waals surface area (Å²) in [4.78, 5) is 13.3. The van der Waals surface area contributed by atoms with Crippen LogP contribution in [0.3, 0.4) is 0 Å². The lowest BCUT2D eigenvalue weighted by atomic mass is 9.97. The van der Waals surface area contributed by atoms with E-state index in [-0.39, 0.29) is 30.5 Å². The Balaban J connectivity index is 0.00000320. The molecular formula is C20H35F2IN6S. The zero-order valence-corrected chi connectivity index (χ0v) is 21.1. The molecule has 10 heteroatoms. The maximum absolute atomic E-state index is 12.5. The first-order chi connectivity index (χ1) is 14.0. The van der Waals surface area contributed by atoms with E-state index in [9.17, 15) is 8.78 Å². The first-order valence-corrected chi connectivity index (χ1v) is 11.5. The average Bonchev–Trinajstić information content (AvgIpc) is 3.12. The van der Waals surface area contributed by atoms with Gasteiger partial charge in [-0.3, -0.25) is 14.8 Å². The third kappa shape index (κ3) is 8.51. The summed E-state index contributed by atoms with van der Waals surface area (Å²) in [7, 11) is 1.79. The second-order valence-corrected chi connectivity index (χ2v) is 9.20. The van der Waals surface area contributed by atoms with E-state index in [2.05, 4.69) is 37.8 Å². The fourth-order valence-corrected chi connectivity index (χ4v) is 4.75. The van der Waals surface area contributed by atoms with Crippen LogP contribution in [0.15, 0.2) is 10.4 Å². The molecule has 2 aliphatic rings. The molecule has 0 atom stereocenters. The normalized spacial score (nSPS) is 20.4. The summed E-state index contributed by atoms with van der Waals surface area (Å²) < 4.78 is 25.0. The number of thiazole rings is 1. The molecule has 0 aliphatic carbocycles. The lowest BCUT2D eigenvalue weighted by Gasteiger charge is -2.34. The zero-order chi connectivity index (χ0) is 20.6. The van der Waals surface area contributed by atoms with Crippen molar-refractivity contribution in [2.75, 3.05) is 46.3 Å². The Hall–Kier alpha value is -0.590. The molecule has 0 spiro atoms. The summed E-state index contributed by atoms with van der Waals surface area (Å²) in [5, 5.41) is 10.2. The molecule has 0 unspecified atom stereocenters. The van der Waals surface area contributed by atoms with E-state index in [1.807, 2.05) is 4.90 Å². The molecule has 172 valence electrons. The molecule has 3 heterocycles. The minimum Gasteiger partial charge on any atom is -0.356 e. The van der Waals surface area contributed by atoms with Crippen LogP contribution in [0, 0.1) is 12.8 Å². The highest BCUT2D eigenvalue weighted by atomic mass is 127. The molecule has 0 amide bonds. The zero-order valence-electron chi connectivity index (χ0n) is 17.9. The van der Waals surface area contributed by atoms with Gasteiger partial charge in [0, 0.05) is 44.6 Å². The largest absolute Gasteiger partial charge is 0.356 e. The summed E-state index contributed by atoms with van der Waals surface area (Å²) >= 11 is 1.72. The second kappa shape index (κ2) is 13.1. The SMILES string of the molecule is CN=C(NCC1CCN(Cc2csc(C)n2)CC1)NC1CCN(CC(F)F)CC1.I. The van der Waals surface area contributed by atoms with Gasteiger partial charge >= 0.3 is 0 Å². The number of likely N-dealkylation sites (tertiary alicyclic amines) is 2. The van der Waals surface area contributed by atoms with Crippen molar-refractivity contribution in [2.45, 2.75) is 51.6 Å². The van der Waals surface area contributed by atoms with Crippen LogP contribution in [0.2, 0.25) is 0 Å². The van der Waals surface area contributed by atoms with Gasteiger partial charge in [-0.15, -0.1) is 35.3 Å². The van der Waals surface area contributed by atoms with Crippen molar-refractivity contribution >= 4 is 41.3 Å². The highest BCUT2D eigenvalue weighted by Crippen LogP contribution is 2.19. The Labute approximate surface area is 199 Å². The molecule has 0 aromatic carbocycles. The van der Waals surface area contributed by atoms with E-state index < -0.39 is 6.43 Å². The number of piperidine rings is 2. The van der Waals surface area contributed by atoms with Crippen molar-refractivity contribution in [1.29, 1.82) is 0 Å². The van der Waals surface area contributed by atoms with Crippen LogP contribution < -0.4 is 10.6 Å². The van der Waals surface area contributed by atoms with E-state index in [4.69, 9.17) is 0 Å². The number of aromatic nitrogens is 1. The molecule has 2 saturated heterocycles. The Morgan fingerprint density at radius 2 is 1.87 bits per heavy atom. The van der Waals surface area contributed by atoms with Gasteiger partial charge in [0.25, 0.3) is 6.43 Å². The summed E-state index contributed by atoms with van der Waals surface area (Å²) in [6.07, 6.45) is 1.87. The molecule has 2 fully saturated rings. The lowest BCUT2D eigenvalue weighted by molar-refractivity contribution is 0.0744. The standard InChI is InChI=1S/C20H34F2N6S.HI/c1-15-25-18(14-29-15)12-27-7-3-16(4-8-27)11-24-20(23-2)26-17-5-9-28(10-6-17)13-19(21)22;/h14,16-17,19H,3-13H2,1-2H3,(H2,23,24,26);1H. The molecule has 2 N–H and O–H groups in total. The number of alkyl halides is 2. The van der Waals surface area contributed by atoms with Gasteiger partial charge < -0.3 is 10.6 Å². The minimum atomic E-state index is -2.24. The predicted octanol–water partition coefficient (Wildman–Crippen LogP) is 3.18. The number of halogens is 3. The van der Waals surface area contributed by atoms with Crippen molar-refractivity contribution in [3.63, 3.8) is 0 Å². The summed E-state index contributed by atoms with van der Waals surface area (Å²) in [6.45, 7) is 7.48. The highest BCUT2D eigenvalue weighted by molar-refractivity contribution is 14.0. The van der Waals surface area contributed by atoms with Gasteiger partial charge in [0.05, 0.1) is 17.2 Å². The topological polar surface area (TPSA) is 55.8 Å². The Morgan fingerprint density at radius 1 is 1.20 bits per heavy atom. The number of guanidine groups is 1. The number of hydrogen-bond donors (Lipinski definition) is 2. The number of aryl methyl sites for hydroxylation is 1. The van der Waals surface area contributed by atoms with Crippen LogP contribution in [-0.2, 0) is 6.54 Å². The Bertz CT molecular complexity index is 643. The molecule has 0 radical (unpaired) electrons. The van der Waals surface area contributed by atoms with Crippen LogP contribution in [0.1, 0.15) is 36.4 Å². The van der Waals surface area contributed by atoms with Crippen LogP contribution >= 0.6 is 35.3 Å². The number of rotatable bonds is 7. The molecule has 0 bridgehead atoms. The fraction of sp³-hybridized carbons (Fsp3) is 0.800. The van der Waals surface area contributed by atoms with Crippen molar-refractivity contribution in [3.05, 3.63) is 16.1 Å². The first kappa shape index (κ1) is 25.7. The van der Waals surface area contributed by atoms with Gasteiger partial charge in [0.2, 0.25) is 0 Å². The molecule has 3 rings (SSSR count). The monoisotopic (exact) mass is 556 g/mol. The van der Waals surface area contributed by atoms with E-state index in [1.165, 1.54) is 18.5 Å². The van der Waals surface area contributed by atoms with Gasteiger partial charge in [0.1, 0.15) is 0 Å². The summed E-state index contributed by atoms with van der Waals surface area (Å²) in [5.41, 5.74) is 1.19. The molecule has 6 nitrogen and oxygen atoms in total. The van der Waals surface area contributed by atoms with E-state index in [0.717, 1.165) is 63.1 Å². The summed E-state index contributed by atoms with van der Waals surface area (Å²) in [6, 6.07) is 0.304. The quantitative estimate of drug-likeness (QED) is 0.307. The number of hydrogen-bond acceptors (Lipinski definition) is 5. The summed E-state index contributed by atoms with van der Waals surface area (Å²) in [5.74, 6) is 1.48. The average molecular weight is 557 g/mol. The highest BCUT2D eigenvalue weighted by Gasteiger charge is 2.23. The molecule has 2 aliphatic heterocycles. The molecule has 1 aromatic rings. The number of nitrogens with one attached hydrogen (secondary N) is 2. The van der Waals surface area contributed by atoms with Gasteiger partial charge in [-0.05, 0) is 51.6 Å². The Morgan fingerprint density at radius 3 is 2.43 bits per heavy atom. The minimum absolute atomic E-state index is 0. The lowest BCUT2D eigenvalue weighted by Crippen LogP contribution is -2.50. The third-order valence-corrected chi connectivity index (χ3v) is 6.69. The van der Waals surface area contributed by atoms with Crippen molar-refractivity contribution in [3.8, 4) is 0 Å². The first-order valence-electron chi connectivity index (χ1n) is 10.6. The smallest absolute Gasteiger partial charge is 0.251 e. The van der Waals surface area contributed by atoms with Crippen molar-refractivity contribution in [1.82, 2.24) is 25.4 Å². The van der Waals surface area contributed by atoms with E-state index in [1.54, 1.807) is 18.4 Å². The maximum atomic E-state index is 12.5. The van der Waals surface area contributed by atoms with Gasteiger partial charge in [0.15, 0.2) is 5.96 Å². The molecule has 30 heavy (non-hydrogen) atoms. The molecule has 1 aromatic heterocycles.